The molecule has 1 aliphatic rings. The molecule has 0 fully saturated rings. The predicted octanol–water partition coefficient (Wildman–Crippen LogP) is 3.02. The predicted molar refractivity (Wildman–Crippen MR) is 88.0 cm³/mol. The first-order valence-electron chi connectivity index (χ1n) is 7.05. The molecule has 4 rings (SSSR count). The van der Waals surface area contributed by atoms with Crippen LogP contribution in [-0.4, -0.2) is 28.4 Å². The topological polar surface area (TPSA) is 76.2 Å². The zero-order chi connectivity index (χ0) is 15.6. The first-order valence-corrected chi connectivity index (χ1v) is 8.03. The third-order valence-corrected chi connectivity index (χ3v) is 4.24. The number of ether oxygens (including phenoxy) is 2. The second-order valence-corrected chi connectivity index (χ2v) is 5.93. The molecule has 0 bridgehead atoms. The van der Waals surface area contributed by atoms with E-state index in [0.717, 1.165) is 16.2 Å². The van der Waals surface area contributed by atoms with Crippen LogP contribution in [0.5, 0.6) is 11.5 Å². The van der Waals surface area contributed by atoms with Crippen molar-refractivity contribution in [3.63, 3.8) is 0 Å². The number of carbonyl (C=O) groups excluding carboxylic acids is 1. The quantitative estimate of drug-likeness (QED) is 0.720. The molecule has 3 aromatic rings. The van der Waals surface area contributed by atoms with E-state index in [0.29, 0.717) is 17.2 Å². The smallest absolute Gasteiger partial charge is 0.234 e. The van der Waals surface area contributed by atoms with E-state index in [4.69, 9.17) is 9.47 Å². The highest BCUT2D eigenvalue weighted by atomic mass is 32.2. The third kappa shape index (κ3) is 2.95. The van der Waals surface area contributed by atoms with Gasteiger partial charge in [0.05, 0.1) is 16.8 Å². The van der Waals surface area contributed by atoms with Crippen LogP contribution in [0, 0.1) is 0 Å². The number of rotatable bonds is 4. The van der Waals surface area contributed by atoms with Crippen molar-refractivity contribution in [3.05, 3.63) is 42.5 Å². The lowest BCUT2D eigenvalue weighted by molar-refractivity contribution is -0.113. The number of thioether (sulfide) groups is 1. The van der Waals surface area contributed by atoms with Crippen molar-refractivity contribution in [2.45, 2.75) is 5.16 Å². The Morgan fingerprint density at radius 2 is 2.09 bits per heavy atom. The van der Waals surface area contributed by atoms with Crippen LogP contribution in [0.3, 0.4) is 0 Å². The lowest BCUT2D eigenvalue weighted by atomic mass is 10.3. The van der Waals surface area contributed by atoms with Gasteiger partial charge in [0.2, 0.25) is 12.7 Å². The van der Waals surface area contributed by atoms with E-state index < -0.39 is 0 Å². The Morgan fingerprint density at radius 3 is 3.00 bits per heavy atom. The molecule has 23 heavy (non-hydrogen) atoms. The van der Waals surface area contributed by atoms with Crippen LogP contribution in [0.2, 0.25) is 0 Å². The fraction of sp³-hybridized carbons (Fsp3) is 0.125. The number of benzene rings is 2. The summed E-state index contributed by atoms with van der Waals surface area (Å²) in [5.74, 6) is 1.51. The van der Waals surface area contributed by atoms with Crippen molar-refractivity contribution in [3.8, 4) is 11.5 Å². The van der Waals surface area contributed by atoms with Gasteiger partial charge in [-0.3, -0.25) is 4.79 Å². The molecule has 2 heterocycles. The third-order valence-electron chi connectivity index (χ3n) is 3.36. The van der Waals surface area contributed by atoms with Gasteiger partial charge in [0.15, 0.2) is 16.7 Å². The molecule has 0 saturated carbocycles. The highest BCUT2D eigenvalue weighted by molar-refractivity contribution is 7.99. The van der Waals surface area contributed by atoms with Gasteiger partial charge in [-0.15, -0.1) is 0 Å². The zero-order valence-corrected chi connectivity index (χ0v) is 12.9. The SMILES string of the molecule is O=C(CSc1nc2ccccc2[nH]1)Nc1ccc2c(c1)OCO2. The van der Waals surface area contributed by atoms with Gasteiger partial charge in [0.25, 0.3) is 0 Å². The highest BCUT2D eigenvalue weighted by Gasteiger charge is 2.14. The van der Waals surface area contributed by atoms with Gasteiger partial charge in [0.1, 0.15) is 0 Å². The standard InChI is InChI=1S/C16H13N3O3S/c20-15(17-10-5-6-13-14(7-10)22-9-21-13)8-23-16-18-11-3-1-2-4-12(11)19-16/h1-7H,8-9H2,(H,17,20)(H,18,19). The molecule has 6 nitrogen and oxygen atoms in total. The average molecular weight is 327 g/mol. The molecule has 1 amide bonds. The van der Waals surface area contributed by atoms with Crippen molar-refractivity contribution in [2.24, 2.45) is 0 Å². The number of hydrogen-bond donors (Lipinski definition) is 2. The van der Waals surface area contributed by atoms with Gasteiger partial charge in [-0.1, -0.05) is 23.9 Å². The fourth-order valence-corrected chi connectivity index (χ4v) is 2.99. The van der Waals surface area contributed by atoms with Gasteiger partial charge in [0, 0.05) is 11.8 Å². The Balaban J connectivity index is 1.38. The Kier molecular flexibility index (Phi) is 3.55. The molecule has 7 heteroatoms. The molecular weight excluding hydrogens is 314 g/mol. The number of imidazole rings is 1. The van der Waals surface area contributed by atoms with Crippen molar-refractivity contribution in [1.82, 2.24) is 9.97 Å². The maximum atomic E-state index is 12.1. The Hall–Kier alpha value is -2.67. The van der Waals surface area contributed by atoms with E-state index in [-0.39, 0.29) is 18.5 Å². The van der Waals surface area contributed by atoms with Gasteiger partial charge >= 0.3 is 0 Å². The Bertz CT molecular complexity index is 845. The van der Waals surface area contributed by atoms with Crippen molar-refractivity contribution in [1.29, 1.82) is 0 Å². The number of carbonyl (C=O) groups is 1. The van der Waals surface area contributed by atoms with Gasteiger partial charge in [-0.05, 0) is 24.3 Å². The summed E-state index contributed by atoms with van der Waals surface area (Å²) in [5.41, 5.74) is 2.54. The van der Waals surface area contributed by atoms with Crippen LogP contribution in [0.15, 0.2) is 47.6 Å². The lowest BCUT2D eigenvalue weighted by Crippen LogP contribution is -2.14. The molecule has 1 aromatic heterocycles. The highest BCUT2D eigenvalue weighted by Crippen LogP contribution is 2.34. The van der Waals surface area contributed by atoms with Gasteiger partial charge < -0.3 is 19.8 Å². The molecule has 0 saturated heterocycles. The van der Waals surface area contributed by atoms with Crippen molar-refractivity contribution < 1.29 is 14.3 Å². The number of nitrogens with zero attached hydrogens (tertiary/aromatic N) is 1. The number of aromatic nitrogens is 2. The normalized spacial score (nSPS) is 12.5. The van der Waals surface area contributed by atoms with Crippen molar-refractivity contribution >= 4 is 34.4 Å². The second kappa shape index (κ2) is 5.85. The monoisotopic (exact) mass is 327 g/mol. The number of amides is 1. The number of aromatic amines is 1. The Morgan fingerprint density at radius 1 is 1.22 bits per heavy atom. The second-order valence-electron chi connectivity index (χ2n) is 4.96. The minimum Gasteiger partial charge on any atom is -0.454 e. The number of nitrogens with one attached hydrogen (secondary N) is 2. The largest absolute Gasteiger partial charge is 0.454 e. The van der Waals surface area contributed by atoms with E-state index >= 15 is 0 Å². The van der Waals surface area contributed by atoms with Crippen LogP contribution in [0.4, 0.5) is 5.69 Å². The first-order chi connectivity index (χ1) is 11.3. The lowest BCUT2D eigenvalue weighted by Gasteiger charge is -2.05. The molecule has 116 valence electrons. The molecule has 0 unspecified atom stereocenters. The number of anilines is 1. The summed E-state index contributed by atoms with van der Waals surface area (Å²) >= 11 is 1.36. The molecule has 0 spiro atoms. The molecule has 0 aliphatic carbocycles. The van der Waals surface area contributed by atoms with E-state index in [9.17, 15) is 4.79 Å². The fourth-order valence-electron chi connectivity index (χ4n) is 2.30. The molecule has 2 aromatic carbocycles. The van der Waals surface area contributed by atoms with Gasteiger partial charge in [-0.2, -0.15) is 0 Å². The molecule has 1 aliphatic heterocycles. The number of fused-ring (bicyclic) bond motifs is 2. The van der Waals surface area contributed by atoms with E-state index in [1.807, 2.05) is 24.3 Å². The van der Waals surface area contributed by atoms with Crippen LogP contribution < -0.4 is 14.8 Å². The Labute approximate surface area is 136 Å². The summed E-state index contributed by atoms with van der Waals surface area (Å²) < 4.78 is 10.5. The minimum absolute atomic E-state index is 0.102. The maximum Gasteiger partial charge on any atom is 0.234 e. The number of H-pyrrole nitrogens is 1. The zero-order valence-electron chi connectivity index (χ0n) is 12.0. The molecule has 0 atom stereocenters. The van der Waals surface area contributed by atoms with E-state index in [1.165, 1.54) is 11.8 Å². The summed E-state index contributed by atoms with van der Waals surface area (Å²) in [6.45, 7) is 0.217. The molecule has 0 radical (unpaired) electrons. The summed E-state index contributed by atoms with van der Waals surface area (Å²) in [7, 11) is 0. The van der Waals surface area contributed by atoms with E-state index in [1.54, 1.807) is 18.2 Å². The summed E-state index contributed by atoms with van der Waals surface area (Å²) in [6, 6.07) is 13.1. The average Bonchev–Trinajstić information content (AvgIpc) is 3.18. The van der Waals surface area contributed by atoms with Crippen LogP contribution in [0.25, 0.3) is 11.0 Å². The van der Waals surface area contributed by atoms with E-state index in [2.05, 4.69) is 15.3 Å². The van der Waals surface area contributed by atoms with Crippen LogP contribution in [-0.2, 0) is 4.79 Å². The number of hydrogen-bond acceptors (Lipinski definition) is 5. The first kappa shape index (κ1) is 14.0. The van der Waals surface area contributed by atoms with Crippen LogP contribution in [0.1, 0.15) is 0 Å². The molecule has 2 N–H and O–H groups in total. The molecular formula is C16H13N3O3S. The maximum absolute atomic E-state index is 12.1. The van der Waals surface area contributed by atoms with Crippen LogP contribution >= 0.6 is 11.8 Å². The summed E-state index contributed by atoms with van der Waals surface area (Å²) in [6.07, 6.45) is 0. The minimum atomic E-state index is -0.102. The summed E-state index contributed by atoms with van der Waals surface area (Å²) in [5, 5.41) is 3.57. The van der Waals surface area contributed by atoms with Crippen molar-refractivity contribution in [2.75, 3.05) is 17.9 Å². The number of para-hydroxylation sites is 2. The summed E-state index contributed by atoms with van der Waals surface area (Å²) in [4.78, 5) is 19.7. The van der Waals surface area contributed by atoms with Gasteiger partial charge in [-0.25, -0.2) is 4.98 Å².